The molecule has 4 nitrogen and oxygen atoms in total. The molecule has 0 saturated heterocycles. The van der Waals surface area contributed by atoms with Crippen LogP contribution in [0.3, 0.4) is 0 Å². The third-order valence-electron chi connectivity index (χ3n) is 4.62. The predicted molar refractivity (Wildman–Crippen MR) is 104 cm³/mol. The Morgan fingerprint density at radius 3 is 2.11 bits per heavy atom. The third kappa shape index (κ3) is 5.35. The van der Waals surface area contributed by atoms with E-state index in [0.29, 0.717) is 11.1 Å². The van der Waals surface area contributed by atoms with Gasteiger partial charge in [0.25, 0.3) is 0 Å². The number of rotatable bonds is 9. The van der Waals surface area contributed by atoms with E-state index in [1.54, 1.807) is 51.1 Å². The van der Waals surface area contributed by atoms with Crippen molar-refractivity contribution in [3.63, 3.8) is 0 Å². The average molecular weight is 384 g/mol. The number of benzene rings is 2. The smallest absolute Gasteiger partial charge is 0.317 e. The minimum Gasteiger partial charge on any atom is -0.465 e. The van der Waals surface area contributed by atoms with Crippen LogP contribution in [0, 0.1) is 17.7 Å². The number of hydrogen-bond acceptors (Lipinski definition) is 4. The Morgan fingerprint density at radius 2 is 1.57 bits per heavy atom. The molecule has 2 rings (SSSR count). The molecular weight excluding hydrogens is 359 g/mol. The molecule has 2 aromatic rings. The van der Waals surface area contributed by atoms with Crippen LogP contribution < -0.4 is 0 Å². The number of carbonyl (C=O) groups is 3. The van der Waals surface area contributed by atoms with E-state index in [1.165, 1.54) is 24.3 Å². The van der Waals surface area contributed by atoms with Crippen molar-refractivity contribution in [3.8, 4) is 0 Å². The summed E-state index contributed by atoms with van der Waals surface area (Å²) in [5.41, 5.74) is 1.05. The van der Waals surface area contributed by atoms with Gasteiger partial charge in [0.05, 0.1) is 6.61 Å². The van der Waals surface area contributed by atoms with Crippen LogP contribution >= 0.6 is 0 Å². The van der Waals surface area contributed by atoms with Crippen LogP contribution in [0.25, 0.3) is 0 Å². The topological polar surface area (TPSA) is 60.4 Å². The Bertz CT molecular complexity index is 812. The van der Waals surface area contributed by atoms with E-state index in [9.17, 15) is 18.8 Å². The zero-order chi connectivity index (χ0) is 20.7. The summed E-state index contributed by atoms with van der Waals surface area (Å²) in [6.07, 6.45) is -0.0579. The molecule has 0 radical (unpaired) electrons. The molecule has 0 aliphatic rings. The highest BCUT2D eigenvalue weighted by Gasteiger charge is 2.39. The standard InChI is InChI=1S/C23H25FO4/c1-4-28-23(27)21(22(26)15(2)3)19(16-10-12-18(24)13-11-16)14-20(25)17-8-6-5-7-9-17/h5-13,15,19,21H,4,14H2,1-3H3. The van der Waals surface area contributed by atoms with E-state index in [1.807, 2.05) is 0 Å². The van der Waals surface area contributed by atoms with Crippen LogP contribution in [0.2, 0.25) is 0 Å². The van der Waals surface area contributed by atoms with Crippen molar-refractivity contribution in [3.05, 3.63) is 71.5 Å². The quantitative estimate of drug-likeness (QED) is 0.360. The van der Waals surface area contributed by atoms with Crippen molar-refractivity contribution in [2.45, 2.75) is 33.1 Å². The second-order valence-corrected chi connectivity index (χ2v) is 6.94. The Labute approximate surface area is 164 Å². The molecule has 0 spiro atoms. The van der Waals surface area contributed by atoms with Crippen LogP contribution in [-0.2, 0) is 14.3 Å². The van der Waals surface area contributed by atoms with Gasteiger partial charge in [0, 0.05) is 23.8 Å². The van der Waals surface area contributed by atoms with E-state index in [2.05, 4.69) is 0 Å². The number of Topliss-reactive ketones (excluding diaryl/α,β-unsaturated/α-hetero) is 2. The van der Waals surface area contributed by atoms with Gasteiger partial charge < -0.3 is 4.74 Å². The van der Waals surface area contributed by atoms with Gasteiger partial charge in [0.15, 0.2) is 5.78 Å². The normalized spacial score (nSPS) is 13.0. The molecule has 0 aliphatic carbocycles. The molecule has 2 aromatic carbocycles. The fourth-order valence-electron chi connectivity index (χ4n) is 3.15. The summed E-state index contributed by atoms with van der Waals surface area (Å²) in [7, 11) is 0. The van der Waals surface area contributed by atoms with Gasteiger partial charge >= 0.3 is 5.97 Å². The molecule has 0 aliphatic heterocycles. The summed E-state index contributed by atoms with van der Waals surface area (Å²) in [4.78, 5) is 38.4. The number of ketones is 2. The van der Waals surface area contributed by atoms with E-state index in [4.69, 9.17) is 4.74 Å². The Morgan fingerprint density at radius 1 is 0.964 bits per heavy atom. The molecule has 0 bridgehead atoms. The highest BCUT2D eigenvalue weighted by Crippen LogP contribution is 2.33. The molecule has 148 valence electrons. The lowest BCUT2D eigenvalue weighted by molar-refractivity contribution is -0.153. The molecule has 2 atom stereocenters. The lowest BCUT2D eigenvalue weighted by Crippen LogP contribution is -2.35. The van der Waals surface area contributed by atoms with Crippen LogP contribution in [0.5, 0.6) is 0 Å². The van der Waals surface area contributed by atoms with E-state index in [-0.39, 0.29) is 24.6 Å². The lowest BCUT2D eigenvalue weighted by atomic mass is 9.77. The molecule has 0 fully saturated rings. The van der Waals surface area contributed by atoms with Crippen LogP contribution in [-0.4, -0.2) is 24.1 Å². The monoisotopic (exact) mass is 384 g/mol. The highest BCUT2D eigenvalue weighted by molar-refractivity contribution is 6.03. The minimum absolute atomic E-state index is 0.0579. The van der Waals surface area contributed by atoms with Crippen molar-refractivity contribution in [1.82, 2.24) is 0 Å². The molecule has 0 heterocycles. The number of hydrogen-bond donors (Lipinski definition) is 0. The first-order chi connectivity index (χ1) is 13.3. The molecule has 5 heteroatoms. The largest absolute Gasteiger partial charge is 0.465 e. The van der Waals surface area contributed by atoms with Crippen molar-refractivity contribution in [2.24, 2.45) is 11.8 Å². The third-order valence-corrected chi connectivity index (χ3v) is 4.62. The van der Waals surface area contributed by atoms with Gasteiger partial charge in [-0.1, -0.05) is 56.3 Å². The van der Waals surface area contributed by atoms with Gasteiger partial charge in [0.1, 0.15) is 17.5 Å². The molecule has 0 N–H and O–H groups in total. The number of carbonyl (C=O) groups excluding carboxylic acids is 3. The van der Waals surface area contributed by atoms with Gasteiger partial charge in [-0.15, -0.1) is 0 Å². The maximum atomic E-state index is 13.4. The predicted octanol–water partition coefficient (Wildman–Crippen LogP) is 4.59. The fraction of sp³-hybridized carbons (Fsp3) is 0.348. The van der Waals surface area contributed by atoms with Gasteiger partial charge in [-0.25, -0.2) is 4.39 Å². The summed E-state index contributed by atoms with van der Waals surface area (Å²) in [5.74, 6) is -3.85. The lowest BCUT2D eigenvalue weighted by Gasteiger charge is -2.26. The summed E-state index contributed by atoms with van der Waals surface area (Å²) in [6.45, 7) is 5.20. The van der Waals surface area contributed by atoms with Gasteiger partial charge in [-0.05, 0) is 24.6 Å². The van der Waals surface area contributed by atoms with Gasteiger partial charge in [-0.3, -0.25) is 14.4 Å². The summed E-state index contributed by atoms with van der Waals surface area (Å²) in [6, 6.07) is 14.2. The molecule has 28 heavy (non-hydrogen) atoms. The number of esters is 1. The first-order valence-corrected chi connectivity index (χ1v) is 9.39. The first-order valence-electron chi connectivity index (χ1n) is 9.39. The van der Waals surface area contributed by atoms with Gasteiger partial charge in [-0.2, -0.15) is 0 Å². The maximum absolute atomic E-state index is 13.4. The first kappa shape index (κ1) is 21.5. The molecular formula is C23H25FO4. The maximum Gasteiger partial charge on any atom is 0.317 e. The van der Waals surface area contributed by atoms with Crippen molar-refractivity contribution >= 4 is 17.5 Å². The second kappa shape index (κ2) is 9.93. The molecule has 0 saturated carbocycles. The van der Waals surface area contributed by atoms with Crippen molar-refractivity contribution in [1.29, 1.82) is 0 Å². The van der Waals surface area contributed by atoms with E-state index >= 15 is 0 Å². The SMILES string of the molecule is CCOC(=O)C(C(=O)C(C)C)C(CC(=O)c1ccccc1)c1ccc(F)cc1. The van der Waals surface area contributed by atoms with E-state index in [0.717, 1.165) is 0 Å². The average Bonchev–Trinajstić information content (AvgIpc) is 2.68. The Kier molecular flexibility index (Phi) is 7.61. The number of halogens is 1. The summed E-state index contributed by atoms with van der Waals surface area (Å²) >= 11 is 0. The van der Waals surface area contributed by atoms with Gasteiger partial charge in [0.2, 0.25) is 0 Å². The Balaban J connectivity index is 2.47. The summed E-state index contributed by atoms with van der Waals surface area (Å²) < 4.78 is 18.6. The minimum atomic E-state index is -1.13. The fourth-order valence-corrected chi connectivity index (χ4v) is 3.15. The van der Waals surface area contributed by atoms with Crippen molar-refractivity contribution in [2.75, 3.05) is 6.61 Å². The van der Waals surface area contributed by atoms with Crippen LogP contribution in [0.15, 0.2) is 54.6 Å². The zero-order valence-corrected chi connectivity index (χ0v) is 16.4. The Hall–Kier alpha value is -2.82. The highest BCUT2D eigenvalue weighted by atomic mass is 19.1. The second-order valence-electron chi connectivity index (χ2n) is 6.94. The zero-order valence-electron chi connectivity index (χ0n) is 16.4. The van der Waals surface area contributed by atoms with Crippen LogP contribution in [0.4, 0.5) is 4.39 Å². The van der Waals surface area contributed by atoms with Crippen molar-refractivity contribution < 1.29 is 23.5 Å². The number of ether oxygens (including phenoxy) is 1. The van der Waals surface area contributed by atoms with Crippen LogP contribution in [0.1, 0.15) is 49.0 Å². The summed E-state index contributed by atoms with van der Waals surface area (Å²) in [5, 5.41) is 0. The van der Waals surface area contributed by atoms with E-state index < -0.39 is 29.5 Å². The molecule has 0 aromatic heterocycles. The molecule has 0 amide bonds. The molecule has 2 unspecified atom stereocenters.